The molecule has 7 nitrogen and oxygen atoms in total. The maximum atomic E-state index is 11.9. The number of urea groups is 1. The normalized spacial score (nSPS) is 13.1. The Labute approximate surface area is 120 Å². The van der Waals surface area contributed by atoms with E-state index in [9.17, 15) is 9.59 Å². The van der Waals surface area contributed by atoms with Gasteiger partial charge < -0.3 is 15.3 Å². The zero-order chi connectivity index (χ0) is 15.3. The van der Waals surface area contributed by atoms with E-state index in [2.05, 4.69) is 16.4 Å². The van der Waals surface area contributed by atoms with Crippen molar-refractivity contribution in [1.29, 1.82) is 5.26 Å². The summed E-state index contributed by atoms with van der Waals surface area (Å²) in [6, 6.07) is 1.34. The molecule has 1 aromatic rings. The van der Waals surface area contributed by atoms with Crippen LogP contribution in [0.3, 0.4) is 0 Å². The third kappa shape index (κ3) is 4.20. The molecular weight excluding hydrogens is 280 g/mol. The van der Waals surface area contributed by atoms with E-state index in [0.717, 1.165) is 0 Å². The first kappa shape index (κ1) is 15.9. The zero-order valence-electron chi connectivity index (χ0n) is 11.5. The van der Waals surface area contributed by atoms with Crippen LogP contribution >= 0.6 is 11.3 Å². The van der Waals surface area contributed by atoms with Gasteiger partial charge in [-0.25, -0.2) is 14.6 Å². The minimum Gasteiger partial charge on any atom is -0.476 e. The summed E-state index contributed by atoms with van der Waals surface area (Å²) in [7, 11) is 1.60. The average Bonchev–Trinajstić information content (AvgIpc) is 2.88. The van der Waals surface area contributed by atoms with Gasteiger partial charge in [-0.3, -0.25) is 0 Å². The molecule has 2 amide bonds. The second kappa shape index (κ2) is 6.86. The molecule has 0 bridgehead atoms. The average molecular weight is 296 g/mol. The zero-order valence-corrected chi connectivity index (χ0v) is 12.3. The van der Waals surface area contributed by atoms with Crippen molar-refractivity contribution in [3.8, 4) is 6.07 Å². The second-order valence-electron chi connectivity index (χ2n) is 4.46. The van der Waals surface area contributed by atoms with Crippen molar-refractivity contribution < 1.29 is 14.7 Å². The predicted octanol–water partition coefficient (Wildman–Crippen LogP) is 1.70. The third-order valence-corrected chi connectivity index (χ3v) is 3.59. The van der Waals surface area contributed by atoms with E-state index in [1.54, 1.807) is 20.9 Å². The summed E-state index contributed by atoms with van der Waals surface area (Å²) in [4.78, 5) is 28.0. The minimum atomic E-state index is -1.09. The Kier molecular flexibility index (Phi) is 5.46. The summed E-state index contributed by atoms with van der Waals surface area (Å²) in [6.45, 7) is 3.78. The van der Waals surface area contributed by atoms with Crippen LogP contribution in [0.2, 0.25) is 0 Å². The summed E-state index contributed by atoms with van der Waals surface area (Å²) in [5.41, 5.74) is -0.0300. The van der Waals surface area contributed by atoms with Gasteiger partial charge in [-0.1, -0.05) is 0 Å². The second-order valence-corrected chi connectivity index (χ2v) is 5.35. The highest BCUT2D eigenvalue weighted by molar-refractivity contribution is 7.09. The van der Waals surface area contributed by atoms with E-state index in [-0.39, 0.29) is 23.7 Å². The van der Waals surface area contributed by atoms with Crippen LogP contribution in [0.25, 0.3) is 0 Å². The molecule has 0 fully saturated rings. The van der Waals surface area contributed by atoms with Crippen LogP contribution in [0.15, 0.2) is 5.38 Å². The molecule has 1 heterocycles. The Hall–Kier alpha value is -2.14. The lowest BCUT2D eigenvalue weighted by molar-refractivity contribution is 0.0691. The van der Waals surface area contributed by atoms with E-state index in [4.69, 9.17) is 10.4 Å². The molecule has 108 valence electrons. The SMILES string of the molecule is CC(C#N)CN(C)C(=O)NC(C)c1nc(C(=O)O)cs1. The maximum absolute atomic E-state index is 11.9. The van der Waals surface area contributed by atoms with Crippen LogP contribution in [0.4, 0.5) is 4.79 Å². The Morgan fingerprint density at radius 1 is 1.60 bits per heavy atom. The highest BCUT2D eigenvalue weighted by Crippen LogP contribution is 2.18. The number of hydrogen-bond acceptors (Lipinski definition) is 5. The minimum absolute atomic E-state index is 0.0300. The number of thiazole rings is 1. The summed E-state index contributed by atoms with van der Waals surface area (Å²) in [5, 5.41) is 22.2. The van der Waals surface area contributed by atoms with E-state index >= 15 is 0 Å². The van der Waals surface area contributed by atoms with Crippen molar-refractivity contribution in [2.24, 2.45) is 5.92 Å². The highest BCUT2D eigenvalue weighted by atomic mass is 32.1. The van der Waals surface area contributed by atoms with Crippen LogP contribution in [0, 0.1) is 17.2 Å². The quantitative estimate of drug-likeness (QED) is 0.860. The first-order valence-corrected chi connectivity index (χ1v) is 6.83. The van der Waals surface area contributed by atoms with Gasteiger partial charge >= 0.3 is 12.0 Å². The first-order valence-electron chi connectivity index (χ1n) is 5.95. The van der Waals surface area contributed by atoms with Gasteiger partial charge in [-0.05, 0) is 13.8 Å². The van der Waals surface area contributed by atoms with Crippen molar-refractivity contribution in [2.45, 2.75) is 19.9 Å². The van der Waals surface area contributed by atoms with Crippen molar-refractivity contribution >= 4 is 23.3 Å². The molecule has 0 saturated carbocycles. The molecule has 0 aliphatic carbocycles. The number of hydrogen-bond donors (Lipinski definition) is 2. The van der Waals surface area contributed by atoms with Crippen molar-refractivity contribution in [2.75, 3.05) is 13.6 Å². The molecule has 2 N–H and O–H groups in total. The number of aromatic nitrogens is 1. The standard InChI is InChI=1S/C12H16N4O3S/c1-7(4-13)5-16(3)12(19)14-8(2)10-15-9(6-20-10)11(17)18/h6-8H,5H2,1-3H3,(H,14,19)(H,17,18). The van der Waals surface area contributed by atoms with Gasteiger partial charge in [0.25, 0.3) is 0 Å². The van der Waals surface area contributed by atoms with E-state index in [1.165, 1.54) is 21.6 Å². The summed E-state index contributed by atoms with van der Waals surface area (Å²) < 4.78 is 0. The van der Waals surface area contributed by atoms with Gasteiger partial charge in [0.1, 0.15) is 5.01 Å². The number of carboxylic acid groups (broad SMARTS) is 1. The first-order chi connectivity index (χ1) is 9.35. The molecule has 1 rings (SSSR count). The fourth-order valence-corrected chi connectivity index (χ4v) is 2.28. The maximum Gasteiger partial charge on any atom is 0.355 e. The van der Waals surface area contributed by atoms with Gasteiger partial charge in [-0.2, -0.15) is 5.26 Å². The fraction of sp³-hybridized carbons (Fsp3) is 0.500. The number of amides is 2. The van der Waals surface area contributed by atoms with E-state index in [1.807, 2.05) is 0 Å². The molecule has 0 aliphatic rings. The Bertz CT molecular complexity index is 537. The van der Waals surface area contributed by atoms with Crippen LogP contribution in [0.5, 0.6) is 0 Å². The third-order valence-electron chi connectivity index (χ3n) is 2.57. The number of nitrogens with one attached hydrogen (secondary N) is 1. The van der Waals surface area contributed by atoms with Gasteiger partial charge in [0.05, 0.1) is 18.0 Å². The van der Waals surface area contributed by atoms with Crippen molar-refractivity contribution in [3.63, 3.8) is 0 Å². The van der Waals surface area contributed by atoms with Crippen LogP contribution < -0.4 is 5.32 Å². The van der Waals surface area contributed by atoms with Crippen molar-refractivity contribution in [3.05, 3.63) is 16.1 Å². The number of carboxylic acids is 1. The van der Waals surface area contributed by atoms with Crippen molar-refractivity contribution in [1.82, 2.24) is 15.2 Å². The predicted molar refractivity (Wildman–Crippen MR) is 73.4 cm³/mol. The number of carbonyl (C=O) groups excluding carboxylic acids is 1. The molecule has 0 saturated heterocycles. The Morgan fingerprint density at radius 2 is 2.25 bits per heavy atom. The molecule has 8 heteroatoms. The van der Waals surface area contributed by atoms with Crippen LogP contribution in [0.1, 0.15) is 35.4 Å². The molecule has 0 radical (unpaired) electrons. The largest absolute Gasteiger partial charge is 0.476 e. The Balaban J connectivity index is 2.60. The lowest BCUT2D eigenvalue weighted by atomic mass is 10.2. The highest BCUT2D eigenvalue weighted by Gasteiger charge is 2.18. The van der Waals surface area contributed by atoms with Gasteiger partial charge in [0, 0.05) is 19.0 Å². The number of aromatic carboxylic acids is 1. The molecule has 20 heavy (non-hydrogen) atoms. The van der Waals surface area contributed by atoms with E-state index < -0.39 is 5.97 Å². The monoisotopic (exact) mass is 296 g/mol. The Morgan fingerprint density at radius 3 is 2.75 bits per heavy atom. The summed E-state index contributed by atoms with van der Waals surface area (Å²) in [6.07, 6.45) is 0. The topological polar surface area (TPSA) is 106 Å². The van der Waals surface area contributed by atoms with Crippen LogP contribution in [-0.2, 0) is 0 Å². The number of nitrogens with zero attached hydrogens (tertiary/aromatic N) is 3. The summed E-state index contributed by atoms with van der Waals surface area (Å²) in [5.74, 6) is -1.34. The fourth-order valence-electron chi connectivity index (χ4n) is 1.48. The van der Waals surface area contributed by atoms with E-state index in [0.29, 0.717) is 11.6 Å². The number of rotatable bonds is 5. The lowest BCUT2D eigenvalue weighted by Crippen LogP contribution is -2.40. The smallest absolute Gasteiger partial charge is 0.355 e. The molecular formula is C12H16N4O3S. The molecule has 0 aromatic carbocycles. The number of nitriles is 1. The van der Waals surface area contributed by atoms with Gasteiger partial charge in [0.15, 0.2) is 5.69 Å². The van der Waals surface area contributed by atoms with Crippen LogP contribution in [-0.4, -0.2) is 40.6 Å². The molecule has 1 aromatic heterocycles. The van der Waals surface area contributed by atoms with Gasteiger partial charge in [0.2, 0.25) is 0 Å². The molecule has 2 unspecified atom stereocenters. The molecule has 0 spiro atoms. The van der Waals surface area contributed by atoms with Gasteiger partial charge in [-0.15, -0.1) is 11.3 Å². The number of carbonyl (C=O) groups is 2. The lowest BCUT2D eigenvalue weighted by Gasteiger charge is -2.21. The molecule has 0 aliphatic heterocycles. The molecule has 2 atom stereocenters. The summed E-state index contributed by atoms with van der Waals surface area (Å²) >= 11 is 1.18.